The summed E-state index contributed by atoms with van der Waals surface area (Å²) in [5.41, 5.74) is 1.05. The van der Waals surface area contributed by atoms with Crippen LogP contribution in [0.4, 0.5) is 10.8 Å². The van der Waals surface area contributed by atoms with E-state index in [-0.39, 0.29) is 35.8 Å². The molecule has 0 spiro atoms. The van der Waals surface area contributed by atoms with Crippen molar-refractivity contribution in [1.29, 1.82) is 0 Å². The number of amides is 1. The number of thiazole rings is 1. The number of carbonyl (C=O) groups excluding carboxylic acids is 1. The molecular weight excluding hydrogens is 460 g/mol. The summed E-state index contributed by atoms with van der Waals surface area (Å²) in [5.74, 6) is 0.107. The molecule has 0 radical (unpaired) electrons. The van der Waals surface area contributed by atoms with Gasteiger partial charge in [0.2, 0.25) is 5.91 Å². The summed E-state index contributed by atoms with van der Waals surface area (Å²) in [6.45, 7) is 4.20. The molecule has 4 N–H and O–H groups in total. The van der Waals surface area contributed by atoms with E-state index in [1.807, 2.05) is 19.1 Å². The maximum absolute atomic E-state index is 13.3. The largest absolute Gasteiger partial charge is 0.396 e. The molecular formula is C27H38N4O3S. The molecule has 0 bridgehead atoms. The number of rotatable bonds is 6. The number of anilines is 2. The average Bonchev–Trinajstić information content (AvgIpc) is 3.26. The first-order valence-corrected chi connectivity index (χ1v) is 13.9. The average molecular weight is 499 g/mol. The Labute approximate surface area is 211 Å². The molecule has 2 aromatic rings. The Morgan fingerprint density at radius 1 is 1.23 bits per heavy atom. The van der Waals surface area contributed by atoms with Crippen LogP contribution in [0.3, 0.4) is 0 Å². The van der Waals surface area contributed by atoms with E-state index in [0.29, 0.717) is 12.8 Å². The second kappa shape index (κ2) is 9.79. The highest BCUT2D eigenvalue weighted by Crippen LogP contribution is 2.62. The summed E-state index contributed by atoms with van der Waals surface area (Å²) in [6.07, 6.45) is 11.3. The van der Waals surface area contributed by atoms with Crippen LogP contribution in [0.15, 0.2) is 24.5 Å². The van der Waals surface area contributed by atoms with E-state index >= 15 is 0 Å². The second-order valence-electron chi connectivity index (χ2n) is 11.3. The van der Waals surface area contributed by atoms with Crippen molar-refractivity contribution in [1.82, 2.24) is 15.3 Å². The Hall–Kier alpha value is -2.03. The van der Waals surface area contributed by atoms with Crippen molar-refractivity contribution in [2.45, 2.75) is 89.7 Å². The van der Waals surface area contributed by atoms with Gasteiger partial charge in [0.25, 0.3) is 0 Å². The Morgan fingerprint density at radius 2 is 2.03 bits per heavy atom. The zero-order chi connectivity index (χ0) is 24.6. The molecule has 2 aromatic heterocycles. The number of fused-ring (bicyclic) bond motifs is 2. The fourth-order valence-corrected chi connectivity index (χ4v) is 8.07. The highest BCUT2D eigenvalue weighted by Gasteiger charge is 2.59. The molecule has 190 valence electrons. The quantitative estimate of drug-likeness (QED) is 0.466. The van der Waals surface area contributed by atoms with Crippen molar-refractivity contribution in [3.63, 3.8) is 0 Å². The van der Waals surface area contributed by atoms with Gasteiger partial charge in [-0.25, -0.2) is 4.98 Å². The number of nitrogens with one attached hydrogen (secondary N) is 2. The number of pyridine rings is 1. The summed E-state index contributed by atoms with van der Waals surface area (Å²) in [5, 5.41) is 28.9. The predicted molar refractivity (Wildman–Crippen MR) is 138 cm³/mol. The summed E-state index contributed by atoms with van der Waals surface area (Å²) < 4.78 is 0. The van der Waals surface area contributed by atoms with Crippen LogP contribution >= 0.6 is 11.3 Å². The lowest BCUT2D eigenvalue weighted by molar-refractivity contribution is -0.144. The summed E-state index contributed by atoms with van der Waals surface area (Å²) in [7, 11) is 0. The van der Waals surface area contributed by atoms with Gasteiger partial charge in [0, 0.05) is 34.9 Å². The molecule has 35 heavy (non-hydrogen) atoms. The molecule has 5 atom stereocenters. The van der Waals surface area contributed by atoms with Gasteiger partial charge in [-0.3, -0.25) is 9.78 Å². The normalized spacial score (nSPS) is 33.0. The molecule has 8 heteroatoms. The predicted octanol–water partition coefficient (Wildman–Crippen LogP) is 4.54. The Bertz CT molecular complexity index is 1040. The van der Waals surface area contributed by atoms with Gasteiger partial charge in [-0.2, -0.15) is 0 Å². The lowest BCUT2D eigenvalue weighted by Crippen LogP contribution is -2.57. The number of aromatic nitrogens is 2. The van der Waals surface area contributed by atoms with Gasteiger partial charge < -0.3 is 20.8 Å². The number of carbonyl (C=O) groups is 1. The zero-order valence-electron chi connectivity index (χ0n) is 20.8. The highest BCUT2D eigenvalue weighted by atomic mass is 32.1. The monoisotopic (exact) mass is 498 g/mol. The minimum atomic E-state index is -0.607. The molecule has 5 unspecified atom stereocenters. The van der Waals surface area contributed by atoms with E-state index in [4.69, 9.17) is 4.98 Å². The third-order valence-corrected chi connectivity index (χ3v) is 10.2. The van der Waals surface area contributed by atoms with Gasteiger partial charge in [0.15, 0.2) is 5.13 Å². The van der Waals surface area contributed by atoms with Crippen LogP contribution in [0.2, 0.25) is 0 Å². The molecule has 2 heterocycles. The molecule has 2 saturated carbocycles. The van der Waals surface area contributed by atoms with Crippen LogP contribution < -0.4 is 10.6 Å². The topological polar surface area (TPSA) is 107 Å². The fourth-order valence-electron chi connectivity index (χ4n) is 6.98. The molecule has 0 aliphatic heterocycles. The van der Waals surface area contributed by atoms with Crippen molar-refractivity contribution in [3.05, 3.63) is 35.1 Å². The minimum Gasteiger partial charge on any atom is -0.396 e. The summed E-state index contributed by atoms with van der Waals surface area (Å²) in [4.78, 5) is 23.7. The lowest BCUT2D eigenvalue weighted by atomic mass is 9.47. The first kappa shape index (κ1) is 24.7. The molecule has 1 amide bonds. The maximum Gasteiger partial charge on any atom is 0.220 e. The Morgan fingerprint density at radius 3 is 2.74 bits per heavy atom. The molecule has 3 aliphatic rings. The SMILES string of the molecule is CC1(CO)C(O)CCC2(C)C(CC(=O)NC3CCCCC3)c3nc(Nc4cccnc4)sc3CC12. The van der Waals surface area contributed by atoms with Crippen molar-refractivity contribution >= 4 is 28.1 Å². The van der Waals surface area contributed by atoms with Crippen molar-refractivity contribution in [2.24, 2.45) is 16.7 Å². The molecule has 0 aromatic carbocycles. The van der Waals surface area contributed by atoms with E-state index in [0.717, 1.165) is 47.1 Å². The van der Waals surface area contributed by atoms with Crippen LogP contribution in [0, 0.1) is 16.7 Å². The van der Waals surface area contributed by atoms with Crippen molar-refractivity contribution in [3.8, 4) is 0 Å². The second-order valence-corrected chi connectivity index (χ2v) is 12.4. The Kier molecular flexibility index (Phi) is 6.90. The molecule has 3 aliphatic carbocycles. The first-order valence-electron chi connectivity index (χ1n) is 13.1. The smallest absolute Gasteiger partial charge is 0.220 e. The summed E-state index contributed by atoms with van der Waals surface area (Å²) in [6, 6.07) is 4.12. The maximum atomic E-state index is 13.3. The van der Waals surface area contributed by atoms with Crippen molar-refractivity contribution < 1.29 is 15.0 Å². The van der Waals surface area contributed by atoms with Crippen LogP contribution in [-0.4, -0.2) is 44.8 Å². The molecule has 5 rings (SSSR count). The lowest BCUT2D eigenvalue weighted by Gasteiger charge is -2.58. The highest BCUT2D eigenvalue weighted by molar-refractivity contribution is 7.15. The number of nitrogens with zero attached hydrogens (tertiary/aromatic N) is 2. The van der Waals surface area contributed by atoms with Gasteiger partial charge in [-0.1, -0.05) is 33.1 Å². The molecule has 0 saturated heterocycles. The first-order chi connectivity index (χ1) is 16.8. The van der Waals surface area contributed by atoms with Gasteiger partial charge >= 0.3 is 0 Å². The number of hydrogen-bond donors (Lipinski definition) is 4. The van der Waals surface area contributed by atoms with E-state index in [1.165, 1.54) is 19.3 Å². The minimum absolute atomic E-state index is 0.0566. The zero-order valence-corrected chi connectivity index (χ0v) is 21.6. The van der Waals surface area contributed by atoms with E-state index < -0.39 is 11.5 Å². The van der Waals surface area contributed by atoms with Crippen LogP contribution in [0.5, 0.6) is 0 Å². The third-order valence-electron chi connectivity index (χ3n) is 9.17. The van der Waals surface area contributed by atoms with Crippen molar-refractivity contribution in [2.75, 3.05) is 11.9 Å². The van der Waals surface area contributed by atoms with Gasteiger partial charge in [-0.15, -0.1) is 11.3 Å². The van der Waals surface area contributed by atoms with E-state index in [2.05, 4.69) is 22.5 Å². The number of aliphatic hydroxyl groups excluding tert-OH is 2. The molecule has 2 fully saturated rings. The number of hydrogen-bond acceptors (Lipinski definition) is 7. The molecule has 7 nitrogen and oxygen atoms in total. The summed E-state index contributed by atoms with van der Waals surface area (Å²) >= 11 is 1.62. The van der Waals surface area contributed by atoms with Gasteiger partial charge in [-0.05, 0) is 55.6 Å². The fraction of sp³-hybridized carbons (Fsp3) is 0.667. The van der Waals surface area contributed by atoms with E-state index in [1.54, 1.807) is 23.7 Å². The van der Waals surface area contributed by atoms with Crippen LogP contribution in [-0.2, 0) is 11.2 Å². The van der Waals surface area contributed by atoms with Gasteiger partial charge in [0.05, 0.1) is 30.3 Å². The van der Waals surface area contributed by atoms with Crippen LogP contribution in [0.25, 0.3) is 0 Å². The van der Waals surface area contributed by atoms with E-state index in [9.17, 15) is 15.0 Å². The van der Waals surface area contributed by atoms with Gasteiger partial charge in [0.1, 0.15) is 0 Å². The number of aliphatic hydroxyl groups is 2. The van der Waals surface area contributed by atoms with Crippen LogP contribution in [0.1, 0.15) is 81.7 Å². The Balaban J connectivity index is 1.48. The standard InChI is InChI=1S/C27H38N4O3S/c1-26-11-10-22(33)27(2,16-32)21(26)14-20-24(31-25(35-20)30-18-9-6-12-28-15-18)19(26)13-23(34)29-17-7-4-3-5-8-17/h6,9,12,15,17,19,21-22,32-33H,3-5,7-8,10-11,13-14,16H2,1-2H3,(H,29,34)(H,30,31). The third kappa shape index (κ3) is 4.60.